The monoisotopic (exact) mass is 313 g/mol. The van der Waals surface area contributed by atoms with Gasteiger partial charge in [-0.1, -0.05) is 6.92 Å². The Morgan fingerprint density at radius 1 is 0.857 bits per heavy atom. The minimum atomic E-state index is -4.81. The van der Waals surface area contributed by atoms with Crippen molar-refractivity contribution < 1.29 is 26.3 Å². The van der Waals surface area contributed by atoms with Gasteiger partial charge in [-0.05, 0) is 44.0 Å². The Morgan fingerprint density at radius 3 is 1.62 bits per heavy atom. The molecule has 0 bridgehead atoms. The van der Waals surface area contributed by atoms with E-state index in [0.29, 0.717) is 6.42 Å². The van der Waals surface area contributed by atoms with Crippen molar-refractivity contribution in [3.05, 3.63) is 34.9 Å². The van der Waals surface area contributed by atoms with Gasteiger partial charge in [-0.2, -0.15) is 26.3 Å². The molecule has 0 aliphatic heterocycles. The molecule has 1 nitrogen and oxygen atoms in total. The molecule has 7 heteroatoms. The van der Waals surface area contributed by atoms with Crippen LogP contribution in [0, 0.1) is 0 Å². The first-order valence-corrected chi connectivity index (χ1v) is 6.38. The van der Waals surface area contributed by atoms with E-state index in [2.05, 4.69) is 5.32 Å². The number of alkyl halides is 6. The first-order chi connectivity index (χ1) is 9.35. The second-order valence-electron chi connectivity index (χ2n) is 5.51. The molecule has 0 saturated heterocycles. The highest BCUT2D eigenvalue weighted by Crippen LogP contribution is 2.36. The van der Waals surface area contributed by atoms with Crippen molar-refractivity contribution in [3.63, 3.8) is 0 Å². The molecule has 120 valence electrons. The average Bonchev–Trinajstić information content (AvgIpc) is 2.34. The van der Waals surface area contributed by atoms with Crippen LogP contribution in [0.5, 0.6) is 0 Å². The molecule has 0 aromatic heterocycles. The highest BCUT2D eigenvalue weighted by molar-refractivity contribution is 5.33. The zero-order chi connectivity index (χ0) is 16.5. The smallest absolute Gasteiger partial charge is 0.308 e. The summed E-state index contributed by atoms with van der Waals surface area (Å²) >= 11 is 0. The van der Waals surface area contributed by atoms with E-state index in [1.54, 1.807) is 0 Å². The van der Waals surface area contributed by atoms with Gasteiger partial charge in [0.2, 0.25) is 0 Å². The maximum Gasteiger partial charge on any atom is 0.416 e. The highest BCUT2D eigenvalue weighted by atomic mass is 19.4. The summed E-state index contributed by atoms with van der Waals surface area (Å²) in [7, 11) is 0. The van der Waals surface area contributed by atoms with E-state index < -0.39 is 23.5 Å². The third kappa shape index (κ3) is 5.22. The van der Waals surface area contributed by atoms with Gasteiger partial charge in [-0.15, -0.1) is 0 Å². The Hall–Kier alpha value is -1.24. The largest absolute Gasteiger partial charge is 0.416 e. The maximum absolute atomic E-state index is 12.7. The number of hydrogen-bond donors (Lipinski definition) is 1. The lowest BCUT2D eigenvalue weighted by molar-refractivity contribution is -0.143. The SMILES string of the molecule is CCC(C)(C)NCc1cc(C(F)(F)F)cc(C(F)(F)F)c1. The van der Waals surface area contributed by atoms with Crippen molar-refractivity contribution in [2.45, 2.75) is 51.6 Å². The van der Waals surface area contributed by atoms with E-state index in [0.717, 1.165) is 12.1 Å². The average molecular weight is 313 g/mol. The van der Waals surface area contributed by atoms with Gasteiger partial charge in [0, 0.05) is 12.1 Å². The van der Waals surface area contributed by atoms with Crippen LogP contribution < -0.4 is 5.32 Å². The molecule has 0 radical (unpaired) electrons. The van der Waals surface area contributed by atoms with Crippen LogP contribution in [-0.4, -0.2) is 5.54 Å². The zero-order valence-corrected chi connectivity index (χ0v) is 11.9. The number of rotatable bonds is 4. The number of nitrogens with one attached hydrogen (secondary N) is 1. The third-order valence-electron chi connectivity index (χ3n) is 3.30. The summed E-state index contributed by atoms with van der Waals surface area (Å²) in [6, 6.07) is 1.62. The Kier molecular flexibility index (Phi) is 4.98. The fourth-order valence-electron chi connectivity index (χ4n) is 1.59. The van der Waals surface area contributed by atoms with Gasteiger partial charge in [0.15, 0.2) is 0 Å². The van der Waals surface area contributed by atoms with Crippen LogP contribution in [0.4, 0.5) is 26.3 Å². The molecule has 0 atom stereocenters. The topological polar surface area (TPSA) is 12.0 Å². The summed E-state index contributed by atoms with van der Waals surface area (Å²) in [5.41, 5.74) is -2.99. The quantitative estimate of drug-likeness (QED) is 0.771. The number of hydrogen-bond acceptors (Lipinski definition) is 1. The van der Waals surface area contributed by atoms with Crippen LogP contribution in [0.15, 0.2) is 18.2 Å². The fourth-order valence-corrected chi connectivity index (χ4v) is 1.59. The van der Waals surface area contributed by atoms with E-state index >= 15 is 0 Å². The molecule has 0 aliphatic carbocycles. The second kappa shape index (κ2) is 5.87. The lowest BCUT2D eigenvalue weighted by Crippen LogP contribution is -2.37. The molecule has 1 N–H and O–H groups in total. The van der Waals surface area contributed by atoms with Gasteiger partial charge < -0.3 is 5.32 Å². The molecule has 0 aliphatic rings. The van der Waals surface area contributed by atoms with Gasteiger partial charge in [-0.3, -0.25) is 0 Å². The predicted molar refractivity (Wildman–Crippen MR) is 67.7 cm³/mol. The van der Waals surface area contributed by atoms with Crippen LogP contribution in [0.25, 0.3) is 0 Å². The van der Waals surface area contributed by atoms with E-state index in [-0.39, 0.29) is 23.7 Å². The summed E-state index contributed by atoms with van der Waals surface area (Å²) in [6.45, 7) is 5.46. The molecule has 1 aromatic rings. The Balaban J connectivity index is 3.14. The highest BCUT2D eigenvalue weighted by Gasteiger charge is 2.36. The van der Waals surface area contributed by atoms with E-state index in [1.807, 2.05) is 20.8 Å². The van der Waals surface area contributed by atoms with Crippen LogP contribution in [0.2, 0.25) is 0 Å². The fraction of sp³-hybridized carbons (Fsp3) is 0.571. The predicted octanol–water partition coefficient (Wildman–Crippen LogP) is 5.00. The molecule has 0 amide bonds. The molecule has 1 rings (SSSR count). The number of halogens is 6. The lowest BCUT2D eigenvalue weighted by Gasteiger charge is -2.25. The van der Waals surface area contributed by atoms with Gasteiger partial charge >= 0.3 is 12.4 Å². The minimum Gasteiger partial charge on any atom is -0.308 e. The normalized spacial score (nSPS) is 13.6. The van der Waals surface area contributed by atoms with Crippen LogP contribution in [-0.2, 0) is 18.9 Å². The van der Waals surface area contributed by atoms with Gasteiger partial charge in [0.1, 0.15) is 0 Å². The van der Waals surface area contributed by atoms with Crippen molar-refractivity contribution in [2.24, 2.45) is 0 Å². The van der Waals surface area contributed by atoms with E-state index in [9.17, 15) is 26.3 Å². The summed E-state index contributed by atoms with van der Waals surface area (Å²) in [4.78, 5) is 0. The van der Waals surface area contributed by atoms with E-state index in [1.165, 1.54) is 0 Å². The molecule has 0 saturated carbocycles. The zero-order valence-electron chi connectivity index (χ0n) is 11.9. The molecular weight excluding hydrogens is 296 g/mol. The molecule has 0 spiro atoms. The van der Waals surface area contributed by atoms with Crippen LogP contribution in [0.3, 0.4) is 0 Å². The first-order valence-electron chi connectivity index (χ1n) is 6.38. The van der Waals surface area contributed by atoms with Crippen molar-refractivity contribution >= 4 is 0 Å². The van der Waals surface area contributed by atoms with Gasteiger partial charge in [0.25, 0.3) is 0 Å². The third-order valence-corrected chi connectivity index (χ3v) is 3.30. The standard InChI is InChI=1S/C14H17F6N/c1-4-12(2,3)21-8-9-5-10(13(15,16)17)7-11(6-9)14(18,19)20/h5-7,21H,4,8H2,1-3H3. The second-order valence-corrected chi connectivity index (χ2v) is 5.51. The molecule has 0 fully saturated rings. The van der Waals surface area contributed by atoms with Crippen molar-refractivity contribution in [2.75, 3.05) is 0 Å². The first kappa shape index (κ1) is 17.8. The molecule has 21 heavy (non-hydrogen) atoms. The lowest BCUT2D eigenvalue weighted by atomic mass is 10.00. The summed E-state index contributed by atoms with van der Waals surface area (Å²) in [5.74, 6) is 0. The molecule has 0 heterocycles. The van der Waals surface area contributed by atoms with E-state index in [4.69, 9.17) is 0 Å². The maximum atomic E-state index is 12.7. The molecular formula is C14H17F6N. The minimum absolute atomic E-state index is 0.0429. The Morgan fingerprint density at radius 2 is 1.29 bits per heavy atom. The van der Waals surface area contributed by atoms with Crippen molar-refractivity contribution in [1.29, 1.82) is 0 Å². The van der Waals surface area contributed by atoms with Crippen LogP contribution >= 0.6 is 0 Å². The van der Waals surface area contributed by atoms with Gasteiger partial charge in [-0.25, -0.2) is 0 Å². The summed E-state index contributed by atoms with van der Waals surface area (Å²) in [5, 5.41) is 2.95. The van der Waals surface area contributed by atoms with Crippen LogP contribution in [0.1, 0.15) is 43.9 Å². The Labute approximate surface area is 119 Å². The molecule has 1 aromatic carbocycles. The van der Waals surface area contributed by atoms with Gasteiger partial charge in [0.05, 0.1) is 11.1 Å². The van der Waals surface area contributed by atoms with Crippen molar-refractivity contribution in [1.82, 2.24) is 5.32 Å². The Bertz CT molecular complexity index is 455. The molecule has 0 unspecified atom stereocenters. The summed E-state index contributed by atoms with van der Waals surface area (Å²) in [6.07, 6.45) is -8.93. The number of benzene rings is 1. The van der Waals surface area contributed by atoms with Crippen molar-refractivity contribution in [3.8, 4) is 0 Å². The summed E-state index contributed by atoms with van der Waals surface area (Å²) < 4.78 is 76.1.